The summed E-state index contributed by atoms with van der Waals surface area (Å²) in [5.41, 5.74) is 6.23. The zero-order chi connectivity index (χ0) is 18.5. The van der Waals surface area contributed by atoms with Crippen LogP contribution in [0.5, 0.6) is 0 Å². The van der Waals surface area contributed by atoms with Crippen molar-refractivity contribution < 1.29 is 14.0 Å². The number of nitrogens with one attached hydrogen (secondary N) is 2. The quantitative estimate of drug-likeness (QED) is 0.556. The lowest BCUT2D eigenvalue weighted by Gasteiger charge is -2.04. The molecule has 0 bridgehead atoms. The largest absolute Gasteiger partial charge is 0.463 e. The van der Waals surface area contributed by atoms with E-state index in [9.17, 15) is 14.4 Å². The van der Waals surface area contributed by atoms with Crippen molar-refractivity contribution in [2.45, 2.75) is 6.92 Å². The third-order valence-corrected chi connectivity index (χ3v) is 3.68. The van der Waals surface area contributed by atoms with Gasteiger partial charge in [-0.25, -0.2) is 0 Å². The topological polar surface area (TPSA) is 101 Å². The Bertz CT molecular complexity index is 1060. The van der Waals surface area contributed by atoms with Gasteiger partial charge in [0, 0.05) is 24.0 Å². The highest BCUT2D eigenvalue weighted by molar-refractivity contribution is 5.98. The Morgan fingerprint density at radius 1 is 1.12 bits per heavy atom. The van der Waals surface area contributed by atoms with E-state index >= 15 is 0 Å². The molecule has 0 aliphatic carbocycles. The Labute approximate surface area is 148 Å². The third kappa shape index (κ3) is 3.67. The number of benzene rings is 1. The molecule has 0 aliphatic heterocycles. The molecule has 2 heterocycles. The van der Waals surface area contributed by atoms with Crippen molar-refractivity contribution in [2.75, 3.05) is 0 Å². The van der Waals surface area contributed by atoms with E-state index in [2.05, 4.69) is 15.8 Å². The molecule has 7 nitrogen and oxygen atoms in total. The SMILES string of the molecule is Cc1cccc2c(=O)c(/C=C/C(=O)NNC(=O)c3ccncc3)coc12. The van der Waals surface area contributed by atoms with Crippen molar-refractivity contribution in [1.82, 2.24) is 15.8 Å². The van der Waals surface area contributed by atoms with Crippen molar-refractivity contribution >= 4 is 28.9 Å². The number of aromatic nitrogens is 1. The number of pyridine rings is 1. The number of rotatable bonds is 3. The summed E-state index contributed by atoms with van der Waals surface area (Å²) in [7, 11) is 0. The Hall–Kier alpha value is -3.74. The first-order valence-electron chi connectivity index (χ1n) is 7.76. The minimum absolute atomic E-state index is 0.235. The number of hydrogen-bond donors (Lipinski definition) is 2. The Morgan fingerprint density at radius 2 is 1.88 bits per heavy atom. The summed E-state index contributed by atoms with van der Waals surface area (Å²) in [5.74, 6) is -1.06. The molecule has 130 valence electrons. The summed E-state index contributed by atoms with van der Waals surface area (Å²) in [6.45, 7) is 1.85. The van der Waals surface area contributed by atoms with Gasteiger partial charge < -0.3 is 4.42 Å². The molecule has 0 spiro atoms. The smallest absolute Gasteiger partial charge is 0.269 e. The minimum Gasteiger partial charge on any atom is -0.463 e. The van der Waals surface area contributed by atoms with Gasteiger partial charge in [0.2, 0.25) is 0 Å². The summed E-state index contributed by atoms with van der Waals surface area (Å²) in [5, 5.41) is 0.443. The molecule has 0 aliphatic rings. The van der Waals surface area contributed by atoms with Crippen LogP contribution in [0.25, 0.3) is 17.0 Å². The van der Waals surface area contributed by atoms with Gasteiger partial charge in [0.25, 0.3) is 11.8 Å². The summed E-state index contributed by atoms with van der Waals surface area (Å²) in [4.78, 5) is 39.9. The molecule has 2 amide bonds. The van der Waals surface area contributed by atoms with E-state index in [0.717, 1.165) is 11.6 Å². The second kappa shape index (κ2) is 7.43. The summed E-state index contributed by atoms with van der Waals surface area (Å²) in [6.07, 6.45) is 6.72. The van der Waals surface area contributed by atoms with Gasteiger partial charge in [0.1, 0.15) is 11.8 Å². The van der Waals surface area contributed by atoms with Crippen LogP contribution in [0, 0.1) is 6.92 Å². The fraction of sp³-hybridized carbons (Fsp3) is 0.0526. The Balaban J connectivity index is 1.69. The van der Waals surface area contributed by atoms with E-state index < -0.39 is 11.8 Å². The zero-order valence-electron chi connectivity index (χ0n) is 13.9. The second-order valence-corrected chi connectivity index (χ2v) is 5.48. The van der Waals surface area contributed by atoms with Crippen molar-refractivity contribution in [3.63, 3.8) is 0 Å². The molecule has 1 aromatic carbocycles. The van der Waals surface area contributed by atoms with Crippen molar-refractivity contribution in [1.29, 1.82) is 0 Å². The second-order valence-electron chi connectivity index (χ2n) is 5.48. The lowest BCUT2D eigenvalue weighted by atomic mass is 10.1. The molecule has 7 heteroatoms. The van der Waals surface area contributed by atoms with Gasteiger partial charge >= 0.3 is 0 Å². The van der Waals surface area contributed by atoms with E-state index in [1.807, 2.05) is 13.0 Å². The molecular formula is C19H15N3O4. The van der Waals surface area contributed by atoms with Gasteiger partial charge in [0.15, 0.2) is 5.43 Å². The van der Waals surface area contributed by atoms with E-state index in [-0.39, 0.29) is 11.0 Å². The number of para-hydroxylation sites is 1. The molecule has 0 unspecified atom stereocenters. The maximum Gasteiger partial charge on any atom is 0.269 e. The van der Waals surface area contributed by atoms with Crippen molar-refractivity contribution in [3.8, 4) is 0 Å². The summed E-state index contributed by atoms with van der Waals surface area (Å²) >= 11 is 0. The number of nitrogens with zero attached hydrogens (tertiary/aromatic N) is 1. The highest BCUT2D eigenvalue weighted by Crippen LogP contribution is 2.16. The van der Waals surface area contributed by atoms with Gasteiger partial charge in [-0.1, -0.05) is 12.1 Å². The average Bonchev–Trinajstić information content (AvgIpc) is 2.67. The fourth-order valence-corrected chi connectivity index (χ4v) is 2.34. The maximum absolute atomic E-state index is 12.4. The molecule has 2 aromatic heterocycles. The van der Waals surface area contributed by atoms with Crippen LogP contribution in [0.1, 0.15) is 21.5 Å². The number of aryl methyl sites for hydroxylation is 1. The van der Waals surface area contributed by atoms with Crippen LogP contribution in [0.2, 0.25) is 0 Å². The highest BCUT2D eigenvalue weighted by Gasteiger charge is 2.08. The molecule has 0 saturated carbocycles. The number of carbonyl (C=O) groups is 2. The third-order valence-electron chi connectivity index (χ3n) is 3.68. The molecule has 0 atom stereocenters. The molecule has 2 N–H and O–H groups in total. The summed E-state index contributed by atoms with van der Waals surface area (Å²) < 4.78 is 5.48. The van der Waals surface area contributed by atoms with Gasteiger partial charge in [-0.05, 0) is 36.8 Å². The molecule has 0 fully saturated rings. The number of carbonyl (C=O) groups excluding carboxylic acids is 2. The normalized spacial score (nSPS) is 10.8. The first kappa shape index (κ1) is 17.1. The molecule has 26 heavy (non-hydrogen) atoms. The molecular weight excluding hydrogens is 334 g/mol. The molecule has 0 saturated heterocycles. The number of hydrogen-bond acceptors (Lipinski definition) is 5. The maximum atomic E-state index is 12.4. The predicted molar refractivity (Wildman–Crippen MR) is 96.1 cm³/mol. The van der Waals surface area contributed by atoms with Crippen LogP contribution in [-0.4, -0.2) is 16.8 Å². The monoisotopic (exact) mass is 349 g/mol. The van der Waals surface area contributed by atoms with Crippen LogP contribution < -0.4 is 16.3 Å². The van der Waals surface area contributed by atoms with Gasteiger partial charge in [-0.15, -0.1) is 0 Å². The van der Waals surface area contributed by atoms with E-state index in [4.69, 9.17) is 4.42 Å². The van der Waals surface area contributed by atoms with Crippen LogP contribution in [0.3, 0.4) is 0 Å². The molecule has 3 rings (SSSR count). The summed E-state index contributed by atoms with van der Waals surface area (Å²) in [6, 6.07) is 8.31. The lowest BCUT2D eigenvalue weighted by Crippen LogP contribution is -2.40. The average molecular weight is 349 g/mol. The van der Waals surface area contributed by atoms with Crippen molar-refractivity contribution in [2.24, 2.45) is 0 Å². The number of amides is 2. The van der Waals surface area contributed by atoms with Crippen LogP contribution in [0.4, 0.5) is 0 Å². The van der Waals surface area contributed by atoms with E-state index in [0.29, 0.717) is 16.5 Å². The number of hydrazine groups is 1. The Morgan fingerprint density at radius 3 is 2.65 bits per heavy atom. The van der Waals surface area contributed by atoms with E-state index in [1.165, 1.54) is 36.9 Å². The zero-order valence-corrected chi connectivity index (χ0v) is 13.9. The standard InChI is InChI=1S/C19H15N3O4/c1-12-3-2-4-15-17(24)14(11-26-18(12)15)5-6-16(23)21-22-19(25)13-7-9-20-10-8-13/h2-11H,1H3,(H,21,23)(H,22,25)/b6-5+. The lowest BCUT2D eigenvalue weighted by molar-refractivity contribution is -0.117. The van der Waals surface area contributed by atoms with Gasteiger partial charge in [-0.3, -0.25) is 30.2 Å². The van der Waals surface area contributed by atoms with Crippen LogP contribution >= 0.6 is 0 Å². The Kier molecular flexibility index (Phi) is 4.89. The number of fused-ring (bicyclic) bond motifs is 1. The van der Waals surface area contributed by atoms with E-state index in [1.54, 1.807) is 12.1 Å². The molecule has 0 radical (unpaired) electrons. The fourth-order valence-electron chi connectivity index (χ4n) is 2.34. The highest BCUT2D eigenvalue weighted by atomic mass is 16.3. The predicted octanol–water partition coefficient (Wildman–Crippen LogP) is 1.97. The van der Waals surface area contributed by atoms with Crippen LogP contribution in [0.15, 0.2) is 64.3 Å². The first-order valence-corrected chi connectivity index (χ1v) is 7.76. The van der Waals surface area contributed by atoms with Gasteiger partial charge in [-0.2, -0.15) is 0 Å². The van der Waals surface area contributed by atoms with Crippen LogP contribution in [-0.2, 0) is 4.79 Å². The van der Waals surface area contributed by atoms with Gasteiger partial charge in [0.05, 0.1) is 10.9 Å². The first-order chi connectivity index (χ1) is 12.6. The van der Waals surface area contributed by atoms with Crippen molar-refractivity contribution in [3.05, 3.63) is 82.0 Å². The molecule has 3 aromatic rings. The minimum atomic E-state index is -0.587.